The van der Waals surface area contributed by atoms with Crippen molar-refractivity contribution in [1.29, 1.82) is 0 Å². The summed E-state index contributed by atoms with van der Waals surface area (Å²) >= 11 is 12.3. The van der Waals surface area contributed by atoms with Gasteiger partial charge in [0, 0.05) is 5.02 Å². The summed E-state index contributed by atoms with van der Waals surface area (Å²) in [5, 5.41) is 1.43. The highest BCUT2D eigenvalue weighted by molar-refractivity contribution is 6.32. The quantitative estimate of drug-likeness (QED) is 0.681. The summed E-state index contributed by atoms with van der Waals surface area (Å²) in [6.45, 7) is 1.98. The van der Waals surface area contributed by atoms with Crippen molar-refractivity contribution in [2.24, 2.45) is 0 Å². The maximum Gasteiger partial charge on any atom is 0.120 e. The summed E-state index contributed by atoms with van der Waals surface area (Å²) in [5.41, 5.74) is 3.06. The monoisotopic (exact) mass is 292 g/mol. The number of hydrogen-bond acceptors (Lipinski definition) is 1. The van der Waals surface area contributed by atoms with Gasteiger partial charge in [-0.1, -0.05) is 47.5 Å². The molecule has 2 aromatic rings. The van der Waals surface area contributed by atoms with E-state index >= 15 is 0 Å². The summed E-state index contributed by atoms with van der Waals surface area (Å²) in [6.07, 6.45) is 3.95. The van der Waals surface area contributed by atoms with E-state index in [-0.39, 0.29) is 0 Å². The first-order chi connectivity index (χ1) is 9.10. The smallest absolute Gasteiger partial charge is 0.120 e. The molecule has 0 aliphatic rings. The third-order valence-electron chi connectivity index (χ3n) is 2.86. The van der Waals surface area contributed by atoms with Gasteiger partial charge in [-0.05, 0) is 47.9 Å². The fourth-order valence-corrected chi connectivity index (χ4v) is 2.09. The zero-order valence-electron chi connectivity index (χ0n) is 10.8. The molecule has 0 spiro atoms. The van der Waals surface area contributed by atoms with Crippen LogP contribution in [0.2, 0.25) is 10.0 Å². The largest absolute Gasteiger partial charge is 0.497 e. The molecule has 0 bridgehead atoms. The average Bonchev–Trinajstić information content (AvgIpc) is 2.41. The van der Waals surface area contributed by atoms with Crippen LogP contribution in [0, 0.1) is 6.92 Å². The van der Waals surface area contributed by atoms with Crippen LogP contribution >= 0.6 is 23.2 Å². The molecule has 1 nitrogen and oxygen atoms in total. The van der Waals surface area contributed by atoms with Gasteiger partial charge in [0.05, 0.1) is 12.1 Å². The van der Waals surface area contributed by atoms with Crippen LogP contribution in [0.4, 0.5) is 0 Å². The summed E-state index contributed by atoms with van der Waals surface area (Å²) in [5.74, 6) is 0.750. The van der Waals surface area contributed by atoms with Crippen molar-refractivity contribution >= 4 is 35.4 Å². The van der Waals surface area contributed by atoms with Gasteiger partial charge in [0.1, 0.15) is 5.75 Å². The molecule has 98 valence electrons. The van der Waals surface area contributed by atoms with Gasteiger partial charge in [0.25, 0.3) is 0 Å². The van der Waals surface area contributed by atoms with Crippen molar-refractivity contribution in [1.82, 2.24) is 0 Å². The maximum atomic E-state index is 6.17. The van der Waals surface area contributed by atoms with Crippen molar-refractivity contribution in [2.45, 2.75) is 6.92 Å². The second-order valence-electron chi connectivity index (χ2n) is 4.23. The fourth-order valence-electron chi connectivity index (χ4n) is 1.67. The first kappa shape index (κ1) is 14.0. The molecule has 0 aromatic heterocycles. The molecule has 3 heteroatoms. The molecule has 0 heterocycles. The summed E-state index contributed by atoms with van der Waals surface area (Å²) in [4.78, 5) is 0. The number of halogens is 2. The number of benzene rings is 2. The Hall–Kier alpha value is -1.44. The number of ether oxygens (including phenoxy) is 1. The Labute approximate surface area is 123 Å². The van der Waals surface area contributed by atoms with Crippen LogP contribution < -0.4 is 4.74 Å². The Kier molecular flexibility index (Phi) is 4.52. The van der Waals surface area contributed by atoms with Gasteiger partial charge >= 0.3 is 0 Å². The predicted octanol–water partition coefficient (Wildman–Crippen LogP) is 5.48. The highest BCUT2D eigenvalue weighted by atomic mass is 35.5. The molecule has 2 rings (SSSR count). The van der Waals surface area contributed by atoms with E-state index in [9.17, 15) is 0 Å². The molecular formula is C16H14Cl2O. The molecule has 0 radical (unpaired) electrons. The molecule has 0 aliphatic carbocycles. The van der Waals surface area contributed by atoms with E-state index in [1.165, 1.54) is 0 Å². The van der Waals surface area contributed by atoms with Crippen LogP contribution in [0.15, 0.2) is 36.4 Å². The minimum absolute atomic E-state index is 0.661. The van der Waals surface area contributed by atoms with Gasteiger partial charge in [0.2, 0.25) is 0 Å². The van der Waals surface area contributed by atoms with Gasteiger partial charge in [-0.2, -0.15) is 0 Å². The Morgan fingerprint density at radius 1 is 0.947 bits per heavy atom. The number of hydrogen-bond donors (Lipinski definition) is 0. The number of rotatable bonds is 3. The topological polar surface area (TPSA) is 9.23 Å². The molecule has 0 aliphatic heterocycles. The Bertz CT molecular complexity index is 618. The molecular weight excluding hydrogens is 279 g/mol. The molecule has 2 aromatic carbocycles. The van der Waals surface area contributed by atoms with E-state index in [0.717, 1.165) is 27.5 Å². The van der Waals surface area contributed by atoms with E-state index in [4.69, 9.17) is 27.9 Å². The Morgan fingerprint density at radius 2 is 1.74 bits per heavy atom. The molecule has 0 saturated carbocycles. The third-order valence-corrected chi connectivity index (χ3v) is 3.59. The van der Waals surface area contributed by atoms with Crippen LogP contribution in [0.25, 0.3) is 12.2 Å². The van der Waals surface area contributed by atoms with Gasteiger partial charge in [-0.3, -0.25) is 0 Å². The van der Waals surface area contributed by atoms with Crippen molar-refractivity contribution in [3.05, 3.63) is 63.1 Å². The van der Waals surface area contributed by atoms with E-state index in [0.29, 0.717) is 5.02 Å². The summed E-state index contributed by atoms with van der Waals surface area (Å²) in [7, 11) is 1.62. The molecule has 0 atom stereocenters. The Morgan fingerprint density at radius 3 is 2.37 bits per heavy atom. The van der Waals surface area contributed by atoms with Crippen molar-refractivity contribution in [3.8, 4) is 5.75 Å². The lowest BCUT2D eigenvalue weighted by Crippen LogP contribution is -1.83. The minimum atomic E-state index is 0.661. The van der Waals surface area contributed by atoms with Gasteiger partial charge < -0.3 is 4.74 Å². The molecule has 0 fully saturated rings. The normalized spacial score (nSPS) is 10.9. The van der Waals surface area contributed by atoms with Crippen LogP contribution in [-0.2, 0) is 0 Å². The van der Waals surface area contributed by atoms with E-state index < -0.39 is 0 Å². The summed E-state index contributed by atoms with van der Waals surface area (Å²) in [6, 6.07) is 11.6. The van der Waals surface area contributed by atoms with Gasteiger partial charge in [-0.25, -0.2) is 0 Å². The zero-order valence-corrected chi connectivity index (χ0v) is 12.3. The van der Waals surface area contributed by atoms with E-state index in [1.54, 1.807) is 13.2 Å². The van der Waals surface area contributed by atoms with Crippen LogP contribution in [0.3, 0.4) is 0 Å². The molecule has 0 unspecified atom stereocenters. The molecule has 0 amide bonds. The maximum absolute atomic E-state index is 6.17. The molecule has 0 N–H and O–H groups in total. The standard InChI is InChI=1S/C16H14Cl2O/c1-11-3-4-12(9-15(11)17)5-6-13-7-8-14(19-2)10-16(13)18/h3-10H,1-2H3. The fraction of sp³-hybridized carbons (Fsp3) is 0.125. The van der Waals surface area contributed by atoms with Crippen LogP contribution in [0.5, 0.6) is 5.75 Å². The second kappa shape index (κ2) is 6.14. The molecule has 19 heavy (non-hydrogen) atoms. The van der Waals surface area contributed by atoms with E-state index in [2.05, 4.69) is 0 Å². The Balaban J connectivity index is 2.24. The third kappa shape index (κ3) is 3.52. The average molecular weight is 293 g/mol. The first-order valence-electron chi connectivity index (χ1n) is 5.88. The van der Waals surface area contributed by atoms with Gasteiger partial charge in [-0.15, -0.1) is 0 Å². The van der Waals surface area contributed by atoms with Crippen molar-refractivity contribution in [3.63, 3.8) is 0 Å². The minimum Gasteiger partial charge on any atom is -0.497 e. The summed E-state index contributed by atoms with van der Waals surface area (Å²) < 4.78 is 5.12. The van der Waals surface area contributed by atoms with Crippen molar-refractivity contribution < 1.29 is 4.74 Å². The predicted molar refractivity (Wildman–Crippen MR) is 83.1 cm³/mol. The highest BCUT2D eigenvalue weighted by Crippen LogP contribution is 2.24. The lowest BCUT2D eigenvalue weighted by molar-refractivity contribution is 0.415. The van der Waals surface area contributed by atoms with Crippen LogP contribution in [0.1, 0.15) is 16.7 Å². The van der Waals surface area contributed by atoms with E-state index in [1.807, 2.05) is 49.4 Å². The van der Waals surface area contributed by atoms with Crippen LogP contribution in [-0.4, -0.2) is 7.11 Å². The zero-order chi connectivity index (χ0) is 13.8. The number of aryl methyl sites for hydroxylation is 1. The number of methoxy groups -OCH3 is 1. The highest BCUT2D eigenvalue weighted by Gasteiger charge is 1.99. The van der Waals surface area contributed by atoms with Crippen molar-refractivity contribution in [2.75, 3.05) is 7.11 Å². The van der Waals surface area contributed by atoms with Gasteiger partial charge in [0.15, 0.2) is 0 Å². The SMILES string of the molecule is COc1ccc(C=Cc2ccc(C)c(Cl)c2)c(Cl)c1. The lowest BCUT2D eigenvalue weighted by atomic mass is 10.1. The second-order valence-corrected chi connectivity index (χ2v) is 5.04. The molecule has 0 saturated heterocycles. The first-order valence-corrected chi connectivity index (χ1v) is 6.63. The lowest BCUT2D eigenvalue weighted by Gasteiger charge is -2.03.